The molecule has 1 aromatic heterocycles. The minimum Gasteiger partial charge on any atom is -0.398 e. The van der Waals surface area contributed by atoms with Crippen molar-refractivity contribution in [1.29, 1.82) is 0 Å². The van der Waals surface area contributed by atoms with Crippen LogP contribution >= 0.6 is 0 Å². The summed E-state index contributed by atoms with van der Waals surface area (Å²) in [7, 11) is 0. The number of hydrogen-bond donors (Lipinski definition) is 2. The highest BCUT2D eigenvalue weighted by Crippen LogP contribution is 2.24. The summed E-state index contributed by atoms with van der Waals surface area (Å²) in [4.78, 5) is 12.1. The lowest BCUT2D eigenvalue weighted by Crippen LogP contribution is -2.13. The topological polar surface area (TPSA) is 81.2 Å². The first kappa shape index (κ1) is 14.1. The monoisotopic (exact) mass is 273 g/mol. The zero-order valence-electron chi connectivity index (χ0n) is 12.2. The number of rotatable bonds is 2. The van der Waals surface area contributed by atoms with E-state index in [1.165, 1.54) is 0 Å². The SMILES string of the molecule is Cc1ccc(C(=O)Nc2cc(C(C)(C)C)on2)cc1N. The molecule has 0 aliphatic carbocycles. The molecular formula is C15H19N3O2. The molecule has 0 unspecified atom stereocenters. The van der Waals surface area contributed by atoms with Crippen LogP contribution in [0.5, 0.6) is 0 Å². The molecule has 106 valence electrons. The Morgan fingerprint density at radius 1 is 1.30 bits per heavy atom. The molecule has 0 aliphatic rings. The molecular weight excluding hydrogens is 254 g/mol. The number of aromatic nitrogens is 1. The first-order valence-corrected chi connectivity index (χ1v) is 6.42. The van der Waals surface area contributed by atoms with Crippen LogP contribution in [0.2, 0.25) is 0 Å². The maximum absolute atomic E-state index is 12.1. The predicted molar refractivity (Wildman–Crippen MR) is 78.7 cm³/mol. The number of amides is 1. The van der Waals surface area contributed by atoms with E-state index in [4.69, 9.17) is 10.3 Å². The van der Waals surface area contributed by atoms with Crippen molar-refractivity contribution >= 4 is 17.4 Å². The van der Waals surface area contributed by atoms with Gasteiger partial charge in [-0.1, -0.05) is 32.0 Å². The molecule has 0 saturated heterocycles. The van der Waals surface area contributed by atoms with Crippen LogP contribution in [-0.2, 0) is 5.41 Å². The van der Waals surface area contributed by atoms with E-state index < -0.39 is 0 Å². The van der Waals surface area contributed by atoms with E-state index in [1.807, 2.05) is 33.8 Å². The van der Waals surface area contributed by atoms with Crippen molar-refractivity contribution in [2.75, 3.05) is 11.1 Å². The van der Waals surface area contributed by atoms with Gasteiger partial charge in [0.2, 0.25) is 0 Å². The summed E-state index contributed by atoms with van der Waals surface area (Å²) >= 11 is 0. The fourth-order valence-corrected chi connectivity index (χ4v) is 1.66. The quantitative estimate of drug-likeness (QED) is 0.824. The second kappa shape index (κ2) is 5.00. The molecule has 2 rings (SSSR count). The minimum absolute atomic E-state index is 0.149. The molecule has 1 aromatic carbocycles. The zero-order chi connectivity index (χ0) is 14.9. The van der Waals surface area contributed by atoms with Gasteiger partial charge < -0.3 is 15.6 Å². The average Bonchev–Trinajstić information content (AvgIpc) is 2.81. The van der Waals surface area contributed by atoms with Gasteiger partial charge in [0.15, 0.2) is 5.82 Å². The van der Waals surface area contributed by atoms with E-state index in [0.717, 1.165) is 11.3 Å². The van der Waals surface area contributed by atoms with Gasteiger partial charge in [-0.2, -0.15) is 0 Å². The second-order valence-electron chi connectivity index (χ2n) is 5.85. The standard InChI is InChI=1S/C15H19N3O2/c1-9-5-6-10(7-11(9)16)14(19)17-13-8-12(20-18-13)15(2,3)4/h5-8H,16H2,1-4H3,(H,17,18,19). The number of aryl methyl sites for hydroxylation is 1. The highest BCUT2D eigenvalue weighted by molar-refractivity contribution is 6.04. The van der Waals surface area contributed by atoms with Crippen LogP contribution in [0.15, 0.2) is 28.8 Å². The number of carbonyl (C=O) groups is 1. The summed E-state index contributed by atoms with van der Waals surface area (Å²) < 4.78 is 5.22. The lowest BCUT2D eigenvalue weighted by atomic mass is 9.93. The fraction of sp³-hybridized carbons (Fsp3) is 0.333. The van der Waals surface area contributed by atoms with Crippen molar-refractivity contribution in [2.24, 2.45) is 0 Å². The molecule has 0 radical (unpaired) electrons. The van der Waals surface area contributed by atoms with Crippen molar-refractivity contribution in [3.63, 3.8) is 0 Å². The van der Waals surface area contributed by atoms with Gasteiger partial charge >= 0.3 is 0 Å². The van der Waals surface area contributed by atoms with Crippen LogP contribution in [0.1, 0.15) is 42.5 Å². The van der Waals surface area contributed by atoms with Crippen LogP contribution in [0, 0.1) is 6.92 Å². The molecule has 2 aromatic rings. The summed E-state index contributed by atoms with van der Waals surface area (Å²) in [6.07, 6.45) is 0. The van der Waals surface area contributed by atoms with Gasteiger partial charge in [-0.3, -0.25) is 4.79 Å². The number of nitrogen functional groups attached to an aromatic ring is 1. The molecule has 0 saturated carbocycles. The van der Waals surface area contributed by atoms with Crippen LogP contribution in [0.4, 0.5) is 11.5 Å². The van der Waals surface area contributed by atoms with Crippen LogP contribution in [0.25, 0.3) is 0 Å². The molecule has 0 fully saturated rings. The van der Waals surface area contributed by atoms with Crippen LogP contribution in [0.3, 0.4) is 0 Å². The van der Waals surface area contributed by atoms with Crippen molar-refractivity contribution in [3.05, 3.63) is 41.2 Å². The number of hydrogen-bond acceptors (Lipinski definition) is 4. The highest BCUT2D eigenvalue weighted by Gasteiger charge is 2.20. The number of benzene rings is 1. The Morgan fingerprint density at radius 2 is 2.00 bits per heavy atom. The number of nitrogens with one attached hydrogen (secondary N) is 1. The summed E-state index contributed by atoms with van der Waals surface area (Å²) in [6, 6.07) is 6.92. The van der Waals surface area contributed by atoms with Crippen molar-refractivity contribution < 1.29 is 9.32 Å². The van der Waals surface area contributed by atoms with E-state index in [2.05, 4.69) is 10.5 Å². The molecule has 1 heterocycles. The lowest BCUT2D eigenvalue weighted by molar-refractivity contribution is 0.102. The minimum atomic E-state index is -0.259. The third-order valence-corrected chi connectivity index (χ3v) is 3.03. The van der Waals surface area contributed by atoms with Crippen molar-refractivity contribution in [1.82, 2.24) is 5.16 Å². The highest BCUT2D eigenvalue weighted by atomic mass is 16.5. The fourth-order valence-electron chi connectivity index (χ4n) is 1.66. The van der Waals surface area contributed by atoms with Gasteiger partial charge in [-0.05, 0) is 24.6 Å². The molecule has 0 bridgehead atoms. The number of nitrogens with two attached hydrogens (primary N) is 1. The number of nitrogens with zero attached hydrogens (tertiary/aromatic N) is 1. The largest absolute Gasteiger partial charge is 0.398 e. The Bertz CT molecular complexity index is 639. The van der Waals surface area contributed by atoms with Crippen LogP contribution in [-0.4, -0.2) is 11.1 Å². The van der Waals surface area contributed by atoms with Gasteiger partial charge in [0.05, 0.1) is 0 Å². The molecule has 1 amide bonds. The molecule has 3 N–H and O–H groups in total. The van der Waals surface area contributed by atoms with Crippen molar-refractivity contribution in [2.45, 2.75) is 33.1 Å². The molecule has 0 aliphatic heterocycles. The maximum atomic E-state index is 12.1. The first-order valence-electron chi connectivity index (χ1n) is 6.42. The smallest absolute Gasteiger partial charge is 0.256 e. The Kier molecular flexibility index (Phi) is 3.53. The number of carbonyl (C=O) groups excluding carboxylic acids is 1. The summed E-state index contributed by atoms with van der Waals surface area (Å²) in [6.45, 7) is 7.93. The summed E-state index contributed by atoms with van der Waals surface area (Å²) in [5.41, 5.74) is 7.68. The summed E-state index contributed by atoms with van der Waals surface area (Å²) in [5, 5.41) is 6.55. The third kappa shape index (κ3) is 2.99. The van der Waals surface area contributed by atoms with E-state index in [-0.39, 0.29) is 11.3 Å². The number of anilines is 2. The average molecular weight is 273 g/mol. The van der Waals surface area contributed by atoms with Gasteiger partial charge in [0.1, 0.15) is 5.76 Å². The Balaban J connectivity index is 2.15. The molecule has 5 nitrogen and oxygen atoms in total. The maximum Gasteiger partial charge on any atom is 0.256 e. The van der Waals surface area contributed by atoms with Crippen molar-refractivity contribution in [3.8, 4) is 0 Å². The van der Waals surface area contributed by atoms with Gasteiger partial charge in [0.25, 0.3) is 5.91 Å². The Labute approximate surface area is 118 Å². The normalized spacial score (nSPS) is 11.4. The van der Waals surface area contributed by atoms with E-state index >= 15 is 0 Å². The Morgan fingerprint density at radius 3 is 2.55 bits per heavy atom. The summed E-state index contributed by atoms with van der Waals surface area (Å²) in [5.74, 6) is 0.862. The molecule has 0 atom stereocenters. The Hall–Kier alpha value is -2.30. The van der Waals surface area contributed by atoms with E-state index in [9.17, 15) is 4.79 Å². The third-order valence-electron chi connectivity index (χ3n) is 3.03. The lowest BCUT2D eigenvalue weighted by Gasteiger charge is -2.12. The molecule has 5 heteroatoms. The van der Waals surface area contributed by atoms with Crippen LogP contribution < -0.4 is 11.1 Å². The van der Waals surface area contributed by atoms with Gasteiger partial charge in [0, 0.05) is 22.7 Å². The molecule has 20 heavy (non-hydrogen) atoms. The molecule has 0 spiro atoms. The first-order chi connectivity index (χ1) is 9.27. The van der Waals surface area contributed by atoms with E-state index in [1.54, 1.807) is 18.2 Å². The van der Waals surface area contributed by atoms with Gasteiger partial charge in [-0.15, -0.1) is 0 Å². The second-order valence-corrected chi connectivity index (χ2v) is 5.85. The zero-order valence-corrected chi connectivity index (χ0v) is 12.2. The predicted octanol–water partition coefficient (Wildman–Crippen LogP) is 3.12. The van der Waals surface area contributed by atoms with Gasteiger partial charge in [-0.25, -0.2) is 0 Å². The van der Waals surface area contributed by atoms with E-state index in [0.29, 0.717) is 17.1 Å².